The first-order chi connectivity index (χ1) is 8.95. The van der Waals surface area contributed by atoms with Gasteiger partial charge in [0, 0.05) is 26.2 Å². The standard InChI is InChI=1S/C12H21N5O2/c1-4-10-11(17(18)19)12(15(3)14-10)16-6-5-9(7-16)8(2)13/h8-9H,4-7,13H2,1-3H3. The number of nitrogens with zero attached hydrogens (tertiary/aromatic N) is 4. The number of hydrogen-bond donors (Lipinski definition) is 1. The number of rotatable bonds is 4. The van der Waals surface area contributed by atoms with Crippen LogP contribution in [0.25, 0.3) is 0 Å². The van der Waals surface area contributed by atoms with Crippen molar-refractivity contribution in [1.29, 1.82) is 0 Å². The van der Waals surface area contributed by atoms with Crippen LogP contribution in [-0.2, 0) is 13.5 Å². The number of anilines is 1. The molecule has 19 heavy (non-hydrogen) atoms. The zero-order chi connectivity index (χ0) is 14.2. The topological polar surface area (TPSA) is 90.2 Å². The third kappa shape index (κ3) is 2.42. The Hall–Kier alpha value is -1.63. The van der Waals surface area contributed by atoms with E-state index in [2.05, 4.69) is 5.10 Å². The number of nitrogens with two attached hydrogens (primary N) is 1. The van der Waals surface area contributed by atoms with Crippen LogP contribution in [0.2, 0.25) is 0 Å². The summed E-state index contributed by atoms with van der Waals surface area (Å²) in [5.41, 5.74) is 6.62. The zero-order valence-electron chi connectivity index (χ0n) is 11.7. The van der Waals surface area contributed by atoms with Crippen LogP contribution in [-0.4, -0.2) is 33.8 Å². The maximum atomic E-state index is 11.3. The van der Waals surface area contributed by atoms with Crippen LogP contribution in [0.4, 0.5) is 11.5 Å². The van der Waals surface area contributed by atoms with Crippen molar-refractivity contribution in [1.82, 2.24) is 9.78 Å². The van der Waals surface area contributed by atoms with E-state index in [1.807, 2.05) is 18.7 Å². The van der Waals surface area contributed by atoms with Crippen molar-refractivity contribution >= 4 is 11.5 Å². The summed E-state index contributed by atoms with van der Waals surface area (Å²) < 4.78 is 1.63. The normalized spacial score (nSPS) is 20.8. The molecule has 1 aromatic rings. The highest BCUT2D eigenvalue weighted by Crippen LogP contribution is 2.35. The summed E-state index contributed by atoms with van der Waals surface area (Å²) in [6, 6.07) is 0.114. The summed E-state index contributed by atoms with van der Waals surface area (Å²) in [7, 11) is 1.76. The van der Waals surface area contributed by atoms with Crippen LogP contribution in [0.1, 0.15) is 26.0 Å². The van der Waals surface area contributed by atoms with E-state index in [-0.39, 0.29) is 16.7 Å². The van der Waals surface area contributed by atoms with Crippen molar-refractivity contribution in [2.75, 3.05) is 18.0 Å². The van der Waals surface area contributed by atoms with Crippen LogP contribution in [0.15, 0.2) is 0 Å². The summed E-state index contributed by atoms with van der Waals surface area (Å²) in [5.74, 6) is 1.00. The van der Waals surface area contributed by atoms with Gasteiger partial charge in [-0.05, 0) is 25.7 Å². The van der Waals surface area contributed by atoms with Gasteiger partial charge in [0.25, 0.3) is 0 Å². The number of hydrogen-bond acceptors (Lipinski definition) is 5. The summed E-state index contributed by atoms with van der Waals surface area (Å²) in [5, 5.41) is 15.6. The lowest BCUT2D eigenvalue weighted by Crippen LogP contribution is -2.30. The molecule has 0 saturated carbocycles. The molecular weight excluding hydrogens is 246 g/mol. The van der Waals surface area contributed by atoms with Crippen LogP contribution in [0.3, 0.4) is 0 Å². The lowest BCUT2D eigenvalue weighted by Gasteiger charge is -2.19. The predicted molar refractivity (Wildman–Crippen MR) is 73.2 cm³/mol. The van der Waals surface area contributed by atoms with Crippen LogP contribution in [0.5, 0.6) is 0 Å². The molecule has 1 saturated heterocycles. The quantitative estimate of drug-likeness (QED) is 0.650. The number of aromatic nitrogens is 2. The summed E-state index contributed by atoms with van der Waals surface area (Å²) in [6.45, 7) is 5.44. The Kier molecular flexibility index (Phi) is 3.75. The molecule has 1 aliphatic rings. The minimum absolute atomic E-state index is 0.114. The molecule has 0 bridgehead atoms. The molecule has 0 radical (unpaired) electrons. The van der Waals surface area contributed by atoms with E-state index >= 15 is 0 Å². The average Bonchev–Trinajstić information content (AvgIpc) is 2.92. The average molecular weight is 267 g/mol. The zero-order valence-corrected chi connectivity index (χ0v) is 11.7. The highest BCUT2D eigenvalue weighted by molar-refractivity contribution is 5.62. The second-order valence-electron chi connectivity index (χ2n) is 5.21. The van der Waals surface area contributed by atoms with Crippen molar-refractivity contribution in [3.05, 3.63) is 15.8 Å². The predicted octanol–water partition coefficient (Wildman–Crippen LogP) is 1.06. The van der Waals surface area contributed by atoms with E-state index in [0.717, 1.165) is 19.5 Å². The van der Waals surface area contributed by atoms with Crippen molar-refractivity contribution in [3.63, 3.8) is 0 Å². The Labute approximate surface area is 112 Å². The van der Waals surface area contributed by atoms with Gasteiger partial charge in [0.05, 0.1) is 4.92 Å². The second kappa shape index (κ2) is 5.16. The van der Waals surface area contributed by atoms with E-state index < -0.39 is 0 Å². The van der Waals surface area contributed by atoms with Crippen molar-refractivity contribution in [2.45, 2.75) is 32.7 Å². The molecule has 0 spiro atoms. The van der Waals surface area contributed by atoms with Gasteiger partial charge >= 0.3 is 5.69 Å². The maximum absolute atomic E-state index is 11.3. The lowest BCUT2D eigenvalue weighted by molar-refractivity contribution is -0.384. The van der Waals surface area contributed by atoms with Crippen molar-refractivity contribution in [3.8, 4) is 0 Å². The molecule has 7 heteroatoms. The maximum Gasteiger partial charge on any atom is 0.334 e. The van der Waals surface area contributed by atoms with E-state index in [0.29, 0.717) is 23.9 Å². The first-order valence-corrected chi connectivity index (χ1v) is 6.66. The van der Waals surface area contributed by atoms with Crippen LogP contribution >= 0.6 is 0 Å². The summed E-state index contributed by atoms with van der Waals surface area (Å²) in [4.78, 5) is 13.0. The van der Waals surface area contributed by atoms with Gasteiger partial charge in [-0.3, -0.25) is 10.1 Å². The Morgan fingerprint density at radius 2 is 2.32 bits per heavy atom. The molecule has 106 valence electrons. The van der Waals surface area contributed by atoms with Gasteiger partial charge in [-0.25, -0.2) is 4.68 Å². The molecule has 0 aliphatic carbocycles. The Morgan fingerprint density at radius 1 is 1.63 bits per heavy atom. The minimum Gasteiger partial charge on any atom is -0.351 e. The molecule has 2 unspecified atom stereocenters. The first kappa shape index (κ1) is 13.8. The fraction of sp³-hybridized carbons (Fsp3) is 0.750. The van der Waals surface area contributed by atoms with E-state index in [1.165, 1.54) is 0 Å². The monoisotopic (exact) mass is 267 g/mol. The molecule has 1 aromatic heterocycles. The van der Waals surface area contributed by atoms with Gasteiger partial charge in [0.15, 0.2) is 0 Å². The second-order valence-corrected chi connectivity index (χ2v) is 5.21. The van der Waals surface area contributed by atoms with Crippen molar-refractivity contribution in [2.24, 2.45) is 18.7 Å². The molecule has 1 fully saturated rings. The fourth-order valence-electron chi connectivity index (χ4n) is 2.75. The highest BCUT2D eigenvalue weighted by Gasteiger charge is 2.34. The number of aryl methyl sites for hydroxylation is 2. The Morgan fingerprint density at radius 3 is 2.79 bits per heavy atom. The molecule has 0 aromatic carbocycles. The minimum atomic E-state index is -0.319. The van der Waals surface area contributed by atoms with Crippen molar-refractivity contribution < 1.29 is 4.92 Å². The largest absolute Gasteiger partial charge is 0.351 e. The van der Waals surface area contributed by atoms with Gasteiger partial charge in [0.1, 0.15) is 5.69 Å². The molecule has 7 nitrogen and oxygen atoms in total. The molecule has 2 rings (SSSR count). The smallest absolute Gasteiger partial charge is 0.334 e. The molecule has 2 heterocycles. The van der Waals surface area contributed by atoms with E-state index in [4.69, 9.17) is 5.73 Å². The van der Waals surface area contributed by atoms with Gasteiger partial charge in [-0.1, -0.05) is 6.92 Å². The summed E-state index contributed by atoms with van der Waals surface area (Å²) >= 11 is 0. The lowest BCUT2D eigenvalue weighted by atomic mass is 10.0. The molecular formula is C12H21N5O2. The SMILES string of the molecule is CCc1nn(C)c(N2CCC(C(C)N)C2)c1[N+](=O)[O-]. The van der Waals surface area contributed by atoms with E-state index in [9.17, 15) is 10.1 Å². The van der Waals surface area contributed by atoms with Crippen LogP contribution in [0, 0.1) is 16.0 Å². The fourth-order valence-corrected chi connectivity index (χ4v) is 2.75. The Balaban J connectivity index is 2.35. The van der Waals surface area contributed by atoms with Gasteiger partial charge in [0.2, 0.25) is 5.82 Å². The third-order valence-corrected chi connectivity index (χ3v) is 3.85. The first-order valence-electron chi connectivity index (χ1n) is 6.66. The molecule has 2 atom stereocenters. The molecule has 1 aliphatic heterocycles. The van der Waals surface area contributed by atoms with E-state index in [1.54, 1.807) is 11.7 Å². The molecule has 2 N–H and O–H groups in total. The summed E-state index contributed by atoms with van der Waals surface area (Å²) in [6.07, 6.45) is 1.54. The third-order valence-electron chi connectivity index (χ3n) is 3.85. The van der Waals surface area contributed by atoms with Gasteiger partial charge < -0.3 is 10.6 Å². The number of nitro groups is 1. The van der Waals surface area contributed by atoms with Crippen LogP contribution < -0.4 is 10.6 Å². The molecule has 0 amide bonds. The highest BCUT2D eigenvalue weighted by atomic mass is 16.6. The van der Waals surface area contributed by atoms with Gasteiger partial charge in [-0.2, -0.15) is 5.10 Å². The van der Waals surface area contributed by atoms with Gasteiger partial charge in [-0.15, -0.1) is 0 Å². The Bertz CT molecular complexity index is 483.